The van der Waals surface area contributed by atoms with Gasteiger partial charge in [0.2, 0.25) is 0 Å². The highest BCUT2D eigenvalue weighted by molar-refractivity contribution is 5.95. The van der Waals surface area contributed by atoms with Gasteiger partial charge in [-0.2, -0.15) is 0 Å². The summed E-state index contributed by atoms with van der Waals surface area (Å²) in [7, 11) is 0. The minimum atomic E-state index is -0.746. The van der Waals surface area contributed by atoms with Crippen LogP contribution in [-0.2, 0) is 19.7 Å². The van der Waals surface area contributed by atoms with Gasteiger partial charge in [0.05, 0.1) is 0 Å². The van der Waals surface area contributed by atoms with Crippen LogP contribution in [0.4, 0.5) is 0 Å². The number of ether oxygens (including phenoxy) is 1. The quantitative estimate of drug-likeness (QED) is 0.357. The zero-order valence-electron chi connectivity index (χ0n) is 15.2. The number of hydrogen-bond donors (Lipinski definition) is 1. The SMILES string of the molecule is C=C(C)C(=O)OC(=O)CNOc1ccc(C(C)(C)c2ccccc2)cc1. The second-order valence-corrected chi connectivity index (χ2v) is 6.48. The average molecular weight is 353 g/mol. The summed E-state index contributed by atoms with van der Waals surface area (Å²) in [6.07, 6.45) is 0. The molecule has 136 valence electrons. The fourth-order valence-corrected chi connectivity index (χ4v) is 2.37. The number of esters is 2. The van der Waals surface area contributed by atoms with Crippen molar-refractivity contribution in [1.29, 1.82) is 0 Å². The molecule has 5 nitrogen and oxygen atoms in total. The molecule has 1 N–H and O–H groups in total. The second-order valence-electron chi connectivity index (χ2n) is 6.48. The van der Waals surface area contributed by atoms with Gasteiger partial charge >= 0.3 is 11.9 Å². The van der Waals surface area contributed by atoms with Crippen LogP contribution in [0.15, 0.2) is 66.7 Å². The van der Waals surface area contributed by atoms with Crippen molar-refractivity contribution < 1.29 is 19.2 Å². The van der Waals surface area contributed by atoms with Crippen molar-refractivity contribution in [3.63, 3.8) is 0 Å². The molecule has 0 aromatic heterocycles. The van der Waals surface area contributed by atoms with Crippen molar-refractivity contribution >= 4 is 11.9 Å². The van der Waals surface area contributed by atoms with Gasteiger partial charge in [0.25, 0.3) is 0 Å². The van der Waals surface area contributed by atoms with Gasteiger partial charge in [0.1, 0.15) is 12.3 Å². The maximum atomic E-state index is 11.5. The van der Waals surface area contributed by atoms with Gasteiger partial charge < -0.3 is 9.57 Å². The third-order valence-corrected chi connectivity index (χ3v) is 4.03. The van der Waals surface area contributed by atoms with Crippen LogP contribution in [0, 0.1) is 0 Å². The Labute approximate surface area is 153 Å². The molecule has 2 rings (SSSR count). The number of hydrogen-bond acceptors (Lipinski definition) is 5. The van der Waals surface area contributed by atoms with Crippen molar-refractivity contribution in [2.75, 3.05) is 6.54 Å². The predicted molar refractivity (Wildman–Crippen MR) is 99.6 cm³/mol. The molecule has 0 unspecified atom stereocenters. The fraction of sp³-hybridized carbons (Fsp3) is 0.238. The van der Waals surface area contributed by atoms with E-state index in [0.29, 0.717) is 5.75 Å². The van der Waals surface area contributed by atoms with Gasteiger partial charge in [-0.3, -0.25) is 4.79 Å². The highest BCUT2D eigenvalue weighted by Gasteiger charge is 2.22. The molecule has 0 spiro atoms. The Hall–Kier alpha value is -2.92. The van der Waals surface area contributed by atoms with Crippen molar-refractivity contribution in [2.45, 2.75) is 26.2 Å². The minimum absolute atomic E-state index is 0.139. The van der Waals surface area contributed by atoms with Crippen LogP contribution in [0.2, 0.25) is 0 Å². The first-order valence-corrected chi connectivity index (χ1v) is 8.27. The van der Waals surface area contributed by atoms with Crippen LogP contribution in [0.25, 0.3) is 0 Å². The van der Waals surface area contributed by atoms with Crippen LogP contribution in [0.5, 0.6) is 5.75 Å². The molecule has 26 heavy (non-hydrogen) atoms. The maximum Gasteiger partial charge on any atom is 0.340 e. The van der Waals surface area contributed by atoms with E-state index in [0.717, 1.165) is 5.56 Å². The number of carbonyl (C=O) groups excluding carboxylic acids is 2. The predicted octanol–water partition coefficient (Wildman–Crippen LogP) is 3.54. The Morgan fingerprint density at radius 2 is 1.58 bits per heavy atom. The average Bonchev–Trinajstić information content (AvgIpc) is 2.62. The van der Waals surface area contributed by atoms with Gasteiger partial charge in [0.15, 0.2) is 0 Å². The van der Waals surface area contributed by atoms with E-state index in [1.807, 2.05) is 42.5 Å². The molecule has 0 radical (unpaired) electrons. The van der Waals surface area contributed by atoms with Gasteiger partial charge in [-0.1, -0.05) is 62.9 Å². The summed E-state index contributed by atoms with van der Waals surface area (Å²) in [4.78, 5) is 28.0. The van der Waals surface area contributed by atoms with Crippen LogP contribution >= 0.6 is 0 Å². The van der Waals surface area contributed by atoms with E-state index in [9.17, 15) is 9.59 Å². The van der Waals surface area contributed by atoms with Crippen molar-refractivity contribution in [1.82, 2.24) is 5.48 Å². The summed E-state index contributed by atoms with van der Waals surface area (Å²) in [6, 6.07) is 17.8. The van der Waals surface area contributed by atoms with E-state index in [-0.39, 0.29) is 17.5 Å². The first-order chi connectivity index (χ1) is 12.3. The van der Waals surface area contributed by atoms with Gasteiger partial charge in [-0.25, -0.2) is 4.79 Å². The smallest absolute Gasteiger partial charge is 0.340 e. The highest BCUT2D eigenvalue weighted by Crippen LogP contribution is 2.32. The van der Waals surface area contributed by atoms with Crippen molar-refractivity contribution in [2.24, 2.45) is 0 Å². The third-order valence-electron chi connectivity index (χ3n) is 4.03. The highest BCUT2D eigenvalue weighted by atomic mass is 16.7. The molecule has 5 heteroatoms. The van der Waals surface area contributed by atoms with E-state index in [2.05, 4.69) is 42.8 Å². The fourth-order valence-electron chi connectivity index (χ4n) is 2.37. The lowest BCUT2D eigenvalue weighted by Crippen LogP contribution is -2.29. The van der Waals surface area contributed by atoms with E-state index in [4.69, 9.17) is 4.84 Å². The Bertz CT molecular complexity index is 779. The van der Waals surface area contributed by atoms with E-state index in [1.165, 1.54) is 12.5 Å². The molecule has 0 aliphatic carbocycles. The molecule has 0 aliphatic heterocycles. The Morgan fingerprint density at radius 1 is 1.00 bits per heavy atom. The molecular formula is C21H23NO4. The van der Waals surface area contributed by atoms with Crippen molar-refractivity contribution in [3.05, 3.63) is 77.9 Å². The van der Waals surface area contributed by atoms with Gasteiger partial charge in [-0.15, -0.1) is 5.48 Å². The molecule has 2 aromatic carbocycles. The molecule has 0 saturated carbocycles. The number of nitrogens with one attached hydrogen (secondary N) is 1. The number of benzene rings is 2. The second kappa shape index (κ2) is 8.45. The maximum absolute atomic E-state index is 11.5. The molecule has 0 aliphatic rings. The molecule has 0 bridgehead atoms. The monoisotopic (exact) mass is 353 g/mol. The molecule has 0 amide bonds. The first kappa shape index (κ1) is 19.4. The van der Waals surface area contributed by atoms with Crippen LogP contribution in [0.1, 0.15) is 31.9 Å². The van der Waals surface area contributed by atoms with E-state index >= 15 is 0 Å². The summed E-state index contributed by atoms with van der Waals surface area (Å²) in [5.74, 6) is -0.930. The lowest BCUT2D eigenvalue weighted by atomic mass is 9.78. The summed E-state index contributed by atoms with van der Waals surface area (Å²) < 4.78 is 4.54. The molecular weight excluding hydrogens is 330 g/mol. The van der Waals surface area contributed by atoms with Crippen LogP contribution in [-0.4, -0.2) is 18.5 Å². The lowest BCUT2D eigenvalue weighted by molar-refractivity contribution is -0.157. The lowest BCUT2D eigenvalue weighted by Gasteiger charge is -2.26. The number of rotatable bonds is 7. The Balaban J connectivity index is 1.91. The Kier molecular flexibility index (Phi) is 6.31. The molecule has 0 saturated heterocycles. The Morgan fingerprint density at radius 3 is 2.15 bits per heavy atom. The molecule has 2 aromatic rings. The standard InChI is InChI=1S/C21H23NO4/c1-15(2)20(24)25-19(23)14-22-26-18-12-10-17(11-13-18)21(3,4)16-8-6-5-7-9-16/h5-13,22H,1,14H2,2-4H3. The van der Waals surface area contributed by atoms with E-state index < -0.39 is 11.9 Å². The van der Waals surface area contributed by atoms with Crippen molar-refractivity contribution in [3.8, 4) is 5.75 Å². The molecule has 0 heterocycles. The molecule has 0 fully saturated rings. The summed E-state index contributed by atoms with van der Waals surface area (Å²) in [5, 5.41) is 0. The van der Waals surface area contributed by atoms with Crippen LogP contribution < -0.4 is 10.3 Å². The minimum Gasteiger partial charge on any atom is -0.408 e. The number of hydroxylamine groups is 1. The third kappa shape index (κ3) is 5.04. The van der Waals surface area contributed by atoms with Gasteiger partial charge in [0, 0.05) is 11.0 Å². The van der Waals surface area contributed by atoms with Crippen LogP contribution in [0.3, 0.4) is 0 Å². The summed E-state index contributed by atoms with van der Waals surface area (Å²) in [6.45, 7) is 8.94. The van der Waals surface area contributed by atoms with Gasteiger partial charge in [-0.05, 0) is 30.2 Å². The topological polar surface area (TPSA) is 64.6 Å². The number of carbonyl (C=O) groups is 2. The first-order valence-electron chi connectivity index (χ1n) is 8.27. The summed E-state index contributed by atoms with van der Waals surface area (Å²) >= 11 is 0. The summed E-state index contributed by atoms with van der Waals surface area (Å²) in [5.41, 5.74) is 4.86. The molecule has 0 atom stereocenters. The normalized spacial score (nSPS) is 10.9. The zero-order chi connectivity index (χ0) is 19.2. The largest absolute Gasteiger partial charge is 0.408 e. The van der Waals surface area contributed by atoms with E-state index in [1.54, 1.807) is 0 Å². The zero-order valence-corrected chi connectivity index (χ0v) is 15.2.